The summed E-state index contributed by atoms with van der Waals surface area (Å²) in [7, 11) is 1.35. The monoisotopic (exact) mass is 552 g/mol. The topological polar surface area (TPSA) is 107 Å². The van der Waals surface area contributed by atoms with Crippen molar-refractivity contribution in [2.24, 2.45) is 7.05 Å². The molecule has 0 radical (unpaired) electrons. The number of aryl methyl sites for hydroxylation is 2. The number of rotatable bonds is 3. The maximum absolute atomic E-state index is 13.6. The van der Waals surface area contributed by atoms with E-state index >= 15 is 0 Å². The number of hydrogen-bond donors (Lipinski definition) is 2. The lowest BCUT2D eigenvalue weighted by molar-refractivity contribution is -0.141. The summed E-state index contributed by atoms with van der Waals surface area (Å²) in [6, 6.07) is 5.60. The maximum Gasteiger partial charge on any atom is 0.435 e. The van der Waals surface area contributed by atoms with Crippen molar-refractivity contribution in [2.45, 2.75) is 44.9 Å². The van der Waals surface area contributed by atoms with Crippen LogP contribution in [0.5, 0.6) is 0 Å². The lowest BCUT2D eigenvalue weighted by atomic mass is 9.86. The third-order valence-electron chi connectivity index (χ3n) is 7.92. The molecule has 12 heteroatoms. The predicted octanol–water partition coefficient (Wildman–Crippen LogP) is 5.30. The smallest absolute Gasteiger partial charge is 0.435 e. The van der Waals surface area contributed by atoms with Crippen LogP contribution in [0, 0.1) is 6.92 Å². The number of pyridine rings is 1. The second-order valence-electron chi connectivity index (χ2n) is 10.5. The van der Waals surface area contributed by atoms with E-state index in [1.807, 2.05) is 31.3 Å². The van der Waals surface area contributed by atoms with Crippen LogP contribution >= 0.6 is 0 Å². The van der Waals surface area contributed by atoms with Crippen molar-refractivity contribution in [1.29, 1.82) is 0 Å². The molecular formula is C28H27F3N6O3. The molecule has 2 amide bonds. The summed E-state index contributed by atoms with van der Waals surface area (Å²) in [5, 5.41) is 14.4. The number of likely N-dealkylation sites (tertiary alicyclic amines) is 1. The second kappa shape index (κ2) is 9.39. The molecule has 1 fully saturated rings. The second-order valence-corrected chi connectivity index (χ2v) is 10.5. The number of H-pyrrole nitrogens is 1. The third-order valence-corrected chi connectivity index (χ3v) is 7.92. The molecule has 2 aliphatic heterocycles. The number of benzene rings is 1. The standard InChI is InChI=1S/C28H27F3N6O3/c1-15-11-32-25-19(15)10-18(12-33-25)17-8-16-5-7-36(26(38)22-13-35(2)34-24(22)28(29,30)31)14-21(16)20(9-17)23-4-3-6-37(23)27(39)40/h8-13,23H,3-7,14H2,1-2H3,(H,32,33)(H,39,40)/t23-/m0/s1. The fourth-order valence-electron chi connectivity index (χ4n) is 5.97. The SMILES string of the molecule is Cc1c[nH]c2ncc(-c3cc4c(c([C@@H]5CCCN5C(=O)O)c3)CN(C(=O)c3cn(C)nc3C(F)(F)F)CC4)cc12. The summed E-state index contributed by atoms with van der Waals surface area (Å²) < 4.78 is 41.8. The molecule has 1 saturated heterocycles. The van der Waals surface area contributed by atoms with Gasteiger partial charge in [-0.05, 0) is 66.1 Å². The zero-order valence-corrected chi connectivity index (χ0v) is 21.9. The molecule has 0 spiro atoms. The van der Waals surface area contributed by atoms with Crippen LogP contribution in [-0.2, 0) is 26.2 Å². The quantitative estimate of drug-likeness (QED) is 0.359. The summed E-state index contributed by atoms with van der Waals surface area (Å²) in [6.45, 7) is 2.68. The van der Waals surface area contributed by atoms with Crippen LogP contribution in [0.1, 0.15) is 57.2 Å². The van der Waals surface area contributed by atoms with Gasteiger partial charge in [0.1, 0.15) is 5.65 Å². The van der Waals surface area contributed by atoms with Gasteiger partial charge in [-0.15, -0.1) is 0 Å². The number of carboxylic acid groups (broad SMARTS) is 1. The lowest BCUT2D eigenvalue weighted by Crippen LogP contribution is -2.38. The van der Waals surface area contributed by atoms with Crippen LogP contribution in [0.25, 0.3) is 22.2 Å². The number of halogens is 3. The van der Waals surface area contributed by atoms with Gasteiger partial charge in [0.25, 0.3) is 5.91 Å². The molecule has 40 heavy (non-hydrogen) atoms. The lowest BCUT2D eigenvalue weighted by Gasteiger charge is -2.33. The van der Waals surface area contributed by atoms with Crippen molar-refractivity contribution in [3.8, 4) is 11.1 Å². The molecule has 0 aliphatic carbocycles. The fraction of sp³-hybridized carbons (Fsp3) is 0.357. The molecule has 5 heterocycles. The van der Waals surface area contributed by atoms with Gasteiger partial charge in [0, 0.05) is 56.2 Å². The maximum atomic E-state index is 13.6. The fourth-order valence-corrected chi connectivity index (χ4v) is 5.97. The minimum Gasteiger partial charge on any atom is -0.465 e. The van der Waals surface area contributed by atoms with Gasteiger partial charge in [0.05, 0.1) is 11.6 Å². The molecule has 2 aliphatic rings. The average Bonchev–Trinajstić information content (AvgIpc) is 3.65. The zero-order valence-electron chi connectivity index (χ0n) is 21.9. The van der Waals surface area contributed by atoms with Gasteiger partial charge in [-0.25, -0.2) is 9.78 Å². The summed E-state index contributed by atoms with van der Waals surface area (Å²) in [6.07, 6.45) is 0.696. The molecule has 6 rings (SSSR count). The summed E-state index contributed by atoms with van der Waals surface area (Å²) in [5.74, 6) is -0.750. The highest BCUT2D eigenvalue weighted by molar-refractivity contribution is 5.95. The number of aromatic nitrogens is 4. The molecule has 0 saturated carbocycles. The Morgan fingerprint density at radius 1 is 1.15 bits per heavy atom. The highest BCUT2D eigenvalue weighted by Gasteiger charge is 2.41. The number of fused-ring (bicyclic) bond motifs is 2. The van der Waals surface area contributed by atoms with Crippen LogP contribution in [0.15, 0.2) is 36.8 Å². The van der Waals surface area contributed by atoms with Crippen molar-refractivity contribution >= 4 is 23.0 Å². The van der Waals surface area contributed by atoms with Crippen LogP contribution in [-0.4, -0.2) is 59.7 Å². The molecule has 0 unspecified atom stereocenters. The molecule has 4 aromatic rings. The number of hydrogen-bond acceptors (Lipinski definition) is 4. The van der Waals surface area contributed by atoms with Gasteiger partial charge in [-0.2, -0.15) is 18.3 Å². The molecule has 0 bridgehead atoms. The number of nitrogens with one attached hydrogen (secondary N) is 1. The van der Waals surface area contributed by atoms with Gasteiger partial charge in [0.15, 0.2) is 5.69 Å². The molecule has 1 atom stereocenters. The number of amides is 2. The normalized spacial score (nSPS) is 17.5. The molecule has 1 aromatic carbocycles. The predicted molar refractivity (Wildman–Crippen MR) is 140 cm³/mol. The first-order chi connectivity index (χ1) is 19.0. The van der Waals surface area contributed by atoms with E-state index in [4.69, 9.17) is 0 Å². The minimum atomic E-state index is -4.77. The van der Waals surface area contributed by atoms with Crippen molar-refractivity contribution < 1.29 is 27.9 Å². The van der Waals surface area contributed by atoms with E-state index in [2.05, 4.69) is 15.1 Å². The van der Waals surface area contributed by atoms with E-state index in [-0.39, 0.29) is 13.1 Å². The van der Waals surface area contributed by atoms with Crippen LogP contribution in [0.3, 0.4) is 0 Å². The van der Waals surface area contributed by atoms with Gasteiger partial charge in [-0.1, -0.05) is 6.07 Å². The van der Waals surface area contributed by atoms with E-state index in [1.165, 1.54) is 16.8 Å². The van der Waals surface area contributed by atoms with Gasteiger partial charge >= 0.3 is 12.3 Å². The summed E-state index contributed by atoms with van der Waals surface area (Å²) in [5.41, 5.74) is 4.39. The first kappa shape index (κ1) is 25.9. The Kier molecular flexibility index (Phi) is 6.08. The molecule has 2 N–H and O–H groups in total. The Morgan fingerprint density at radius 3 is 2.70 bits per heavy atom. The molecule has 9 nitrogen and oxygen atoms in total. The Balaban J connectivity index is 1.43. The number of alkyl halides is 3. The zero-order chi connectivity index (χ0) is 28.3. The Morgan fingerprint density at radius 2 is 1.95 bits per heavy atom. The largest absolute Gasteiger partial charge is 0.465 e. The highest BCUT2D eigenvalue weighted by atomic mass is 19.4. The van der Waals surface area contributed by atoms with Crippen molar-refractivity contribution in [2.75, 3.05) is 13.1 Å². The number of carbonyl (C=O) groups excluding carboxylic acids is 1. The number of nitrogens with zero attached hydrogens (tertiary/aromatic N) is 5. The van der Waals surface area contributed by atoms with E-state index in [1.54, 1.807) is 6.20 Å². The van der Waals surface area contributed by atoms with E-state index < -0.39 is 35.5 Å². The van der Waals surface area contributed by atoms with E-state index in [9.17, 15) is 27.9 Å². The van der Waals surface area contributed by atoms with Crippen molar-refractivity contribution in [3.63, 3.8) is 0 Å². The average molecular weight is 553 g/mol. The third kappa shape index (κ3) is 4.37. The first-order valence-electron chi connectivity index (χ1n) is 13.0. The Labute approximate surface area is 227 Å². The molecular weight excluding hydrogens is 525 g/mol. The minimum absolute atomic E-state index is 0.0775. The number of carbonyl (C=O) groups is 2. The van der Waals surface area contributed by atoms with Crippen LogP contribution < -0.4 is 0 Å². The van der Waals surface area contributed by atoms with Crippen molar-refractivity contribution in [3.05, 3.63) is 70.3 Å². The highest BCUT2D eigenvalue weighted by Crippen LogP contribution is 2.40. The molecule has 208 valence electrons. The van der Waals surface area contributed by atoms with Crippen LogP contribution in [0.2, 0.25) is 0 Å². The Bertz CT molecular complexity index is 1660. The van der Waals surface area contributed by atoms with Gasteiger partial charge in [0.2, 0.25) is 0 Å². The Hall–Kier alpha value is -4.35. The summed E-state index contributed by atoms with van der Waals surface area (Å²) >= 11 is 0. The van der Waals surface area contributed by atoms with Crippen molar-refractivity contribution in [1.82, 2.24) is 29.5 Å². The molecule has 3 aromatic heterocycles. The number of aromatic amines is 1. The summed E-state index contributed by atoms with van der Waals surface area (Å²) in [4.78, 5) is 35.9. The first-order valence-corrected chi connectivity index (χ1v) is 13.0. The van der Waals surface area contributed by atoms with Gasteiger partial charge in [-0.3, -0.25) is 9.48 Å². The van der Waals surface area contributed by atoms with Crippen LogP contribution in [0.4, 0.5) is 18.0 Å². The van der Waals surface area contributed by atoms with Gasteiger partial charge < -0.3 is 19.9 Å². The van der Waals surface area contributed by atoms with E-state index in [0.717, 1.165) is 55.3 Å². The van der Waals surface area contributed by atoms with E-state index in [0.29, 0.717) is 25.8 Å².